The maximum absolute atomic E-state index is 13.2. The van der Waals surface area contributed by atoms with Crippen molar-refractivity contribution in [3.63, 3.8) is 0 Å². The van der Waals surface area contributed by atoms with E-state index in [0.29, 0.717) is 29.1 Å². The molecule has 1 aliphatic heterocycles. The molecule has 1 amide bonds. The van der Waals surface area contributed by atoms with Gasteiger partial charge in [-0.3, -0.25) is 9.59 Å². The fraction of sp³-hybridized carbons (Fsp3) is 0.441. The minimum atomic E-state index is 0.0237. The molecule has 1 aromatic rings. The van der Waals surface area contributed by atoms with E-state index in [4.69, 9.17) is 5.73 Å². The quantitative estimate of drug-likeness (QED) is 0.208. The number of nitrogens with two attached hydrogens (primary N) is 1. The number of hydrogen-bond donors (Lipinski definition) is 1. The Labute approximate surface area is 240 Å². The second-order valence-corrected chi connectivity index (χ2v) is 10.8. The summed E-state index contributed by atoms with van der Waals surface area (Å²) >= 11 is 0. The van der Waals surface area contributed by atoms with Gasteiger partial charge < -0.3 is 15.5 Å². The highest BCUT2D eigenvalue weighted by Gasteiger charge is 2.19. The Bertz CT molecular complexity index is 1210. The number of nitrogens with zero attached hydrogens (tertiary/aromatic N) is 3. The number of amides is 1. The molecule has 0 saturated heterocycles. The third kappa shape index (κ3) is 8.94. The van der Waals surface area contributed by atoms with Crippen LogP contribution in [0.4, 0.5) is 0 Å². The Morgan fingerprint density at radius 2 is 1.85 bits per heavy atom. The number of allylic oxidation sites excluding steroid dienone is 6. The van der Waals surface area contributed by atoms with Crippen LogP contribution < -0.4 is 5.73 Å². The number of rotatable bonds is 14. The lowest BCUT2D eigenvalue weighted by molar-refractivity contribution is -0.127. The van der Waals surface area contributed by atoms with E-state index in [1.165, 1.54) is 25.7 Å². The van der Waals surface area contributed by atoms with Crippen molar-refractivity contribution in [2.24, 2.45) is 16.6 Å². The first kappa shape index (κ1) is 30.9. The van der Waals surface area contributed by atoms with E-state index >= 15 is 0 Å². The summed E-state index contributed by atoms with van der Waals surface area (Å²) in [7, 11) is 2.09. The van der Waals surface area contributed by atoms with Gasteiger partial charge in [-0.2, -0.15) is 0 Å². The molecule has 0 atom stereocenters. The lowest BCUT2D eigenvalue weighted by atomic mass is 9.83. The van der Waals surface area contributed by atoms with Crippen LogP contribution in [-0.4, -0.2) is 54.5 Å². The molecule has 0 unspecified atom stereocenters. The number of amidine groups is 1. The van der Waals surface area contributed by atoms with Crippen LogP contribution in [0.1, 0.15) is 87.2 Å². The molecule has 1 saturated carbocycles. The van der Waals surface area contributed by atoms with Crippen LogP contribution in [0.5, 0.6) is 0 Å². The second kappa shape index (κ2) is 15.8. The topological polar surface area (TPSA) is 79.0 Å². The lowest BCUT2D eigenvalue weighted by Crippen LogP contribution is -2.34. The second-order valence-electron chi connectivity index (χ2n) is 10.8. The van der Waals surface area contributed by atoms with Crippen molar-refractivity contribution in [3.05, 3.63) is 82.7 Å². The number of hydrogen-bond acceptors (Lipinski definition) is 5. The lowest BCUT2D eigenvalue weighted by Gasteiger charge is -2.27. The highest BCUT2D eigenvalue weighted by Crippen LogP contribution is 2.29. The minimum Gasteiger partial charge on any atom is -0.387 e. The molecule has 6 heteroatoms. The molecular weight excluding hydrogens is 496 g/mol. The first-order valence-corrected chi connectivity index (χ1v) is 14.7. The summed E-state index contributed by atoms with van der Waals surface area (Å²) in [6.07, 6.45) is 22.1. The Morgan fingerprint density at radius 1 is 1.10 bits per heavy atom. The maximum Gasteiger partial charge on any atom is 0.250 e. The van der Waals surface area contributed by atoms with Crippen LogP contribution in [0.25, 0.3) is 11.6 Å². The molecule has 1 fully saturated rings. The molecular formula is C34H46N4O2. The summed E-state index contributed by atoms with van der Waals surface area (Å²) < 4.78 is 0. The van der Waals surface area contributed by atoms with Gasteiger partial charge in [-0.15, -0.1) is 0 Å². The zero-order valence-electron chi connectivity index (χ0n) is 24.7. The highest BCUT2D eigenvalue weighted by molar-refractivity contribution is 6.00. The number of benzene rings is 1. The molecule has 40 heavy (non-hydrogen) atoms. The van der Waals surface area contributed by atoms with E-state index in [1.807, 2.05) is 66.5 Å². The first-order chi connectivity index (χ1) is 19.4. The van der Waals surface area contributed by atoms with Crippen molar-refractivity contribution in [2.45, 2.75) is 65.7 Å². The maximum atomic E-state index is 13.2. The fourth-order valence-electron chi connectivity index (χ4n) is 4.99. The van der Waals surface area contributed by atoms with Crippen LogP contribution in [-0.2, 0) is 4.79 Å². The average Bonchev–Trinajstić information content (AvgIpc) is 3.10. The zero-order chi connectivity index (χ0) is 28.9. The monoisotopic (exact) mass is 542 g/mol. The summed E-state index contributed by atoms with van der Waals surface area (Å²) in [6.45, 7) is 8.60. The van der Waals surface area contributed by atoms with E-state index in [9.17, 15) is 9.59 Å². The van der Waals surface area contributed by atoms with Crippen LogP contribution >= 0.6 is 0 Å². The van der Waals surface area contributed by atoms with E-state index in [0.717, 1.165) is 61.4 Å². The molecule has 214 valence electrons. The van der Waals surface area contributed by atoms with E-state index in [1.54, 1.807) is 0 Å². The van der Waals surface area contributed by atoms with Gasteiger partial charge in [-0.25, -0.2) is 4.99 Å². The predicted octanol–water partition coefficient (Wildman–Crippen LogP) is 6.77. The Hall–Kier alpha value is -3.67. The molecule has 3 rings (SSSR count). The third-order valence-electron chi connectivity index (χ3n) is 7.47. The molecule has 1 aromatic carbocycles. The summed E-state index contributed by atoms with van der Waals surface area (Å²) in [4.78, 5) is 33.7. The standard InChI is InChI=1S/C34H46N4O2/c1-5-9-27(23-32-15-14-30(24-33(35)36-32)34(40)38(18-6-2)19-7-3)28-12-13-31(25-39)29(22-28)17-21-37(4)20-16-26-10-8-11-26/h5,9,12-15,17,21-23,25-26H,6-8,10-11,16,18-20,24H2,1-4H3,(H2,35,36)/b9-5-,21-17-,27-23+. The molecule has 1 heterocycles. The Kier molecular flexibility index (Phi) is 12.2. The molecule has 0 spiro atoms. The number of aliphatic imine (C=N–C) groups is 1. The Morgan fingerprint density at radius 3 is 2.48 bits per heavy atom. The molecule has 0 aromatic heterocycles. The number of aldehydes is 1. The SMILES string of the molecule is C/C=C\C(=C/C1=CC=C(C(=O)N(CCC)CCC)CC(N)=N1)c1ccc(C=O)c(/C=C\N(C)CCC2CCC2)c1. The number of carbonyl (C=O) groups excluding carboxylic acids is 2. The smallest absolute Gasteiger partial charge is 0.250 e. The summed E-state index contributed by atoms with van der Waals surface area (Å²) in [5.74, 6) is 1.30. The van der Waals surface area contributed by atoms with Gasteiger partial charge in [0.05, 0.1) is 5.70 Å². The van der Waals surface area contributed by atoms with Crippen LogP contribution in [0, 0.1) is 5.92 Å². The van der Waals surface area contributed by atoms with E-state index in [-0.39, 0.29) is 5.91 Å². The minimum absolute atomic E-state index is 0.0237. The van der Waals surface area contributed by atoms with Crippen molar-refractivity contribution >= 4 is 29.7 Å². The Balaban J connectivity index is 1.87. The van der Waals surface area contributed by atoms with E-state index in [2.05, 4.69) is 37.0 Å². The van der Waals surface area contributed by atoms with Crippen LogP contribution in [0.3, 0.4) is 0 Å². The van der Waals surface area contributed by atoms with Gasteiger partial charge in [0, 0.05) is 44.2 Å². The van der Waals surface area contributed by atoms with Crippen LogP contribution in [0.2, 0.25) is 0 Å². The molecule has 6 nitrogen and oxygen atoms in total. The van der Waals surface area contributed by atoms with Gasteiger partial charge in [0.2, 0.25) is 5.91 Å². The third-order valence-corrected chi connectivity index (χ3v) is 7.47. The van der Waals surface area contributed by atoms with Crippen molar-refractivity contribution in [1.29, 1.82) is 0 Å². The number of carbonyl (C=O) groups is 2. The summed E-state index contributed by atoms with van der Waals surface area (Å²) in [6, 6.07) is 5.85. The van der Waals surface area contributed by atoms with Gasteiger partial charge in [0.25, 0.3) is 0 Å². The first-order valence-electron chi connectivity index (χ1n) is 14.7. The average molecular weight is 543 g/mol. The van der Waals surface area contributed by atoms with E-state index < -0.39 is 0 Å². The fourth-order valence-corrected chi connectivity index (χ4v) is 4.99. The molecule has 2 N–H and O–H groups in total. The largest absolute Gasteiger partial charge is 0.387 e. The van der Waals surface area contributed by atoms with Gasteiger partial charge >= 0.3 is 0 Å². The predicted molar refractivity (Wildman–Crippen MR) is 168 cm³/mol. The summed E-state index contributed by atoms with van der Waals surface area (Å²) in [5, 5.41) is 0. The van der Waals surface area contributed by atoms with Crippen molar-refractivity contribution in [2.75, 3.05) is 26.7 Å². The van der Waals surface area contributed by atoms with Gasteiger partial charge in [-0.1, -0.05) is 63.5 Å². The zero-order valence-corrected chi connectivity index (χ0v) is 24.7. The van der Waals surface area contributed by atoms with Gasteiger partial charge in [0.1, 0.15) is 5.84 Å². The van der Waals surface area contributed by atoms with Crippen molar-refractivity contribution in [3.8, 4) is 0 Å². The molecule has 2 aliphatic rings. The highest BCUT2D eigenvalue weighted by atomic mass is 16.2. The van der Waals surface area contributed by atoms with Crippen molar-refractivity contribution in [1.82, 2.24) is 9.80 Å². The van der Waals surface area contributed by atoms with Crippen molar-refractivity contribution < 1.29 is 9.59 Å². The summed E-state index contributed by atoms with van der Waals surface area (Å²) in [5.41, 5.74) is 11.0. The molecule has 0 bridgehead atoms. The van der Waals surface area contributed by atoms with Crippen LogP contribution in [0.15, 0.2) is 71.0 Å². The molecule has 0 radical (unpaired) electrons. The molecule has 1 aliphatic carbocycles. The van der Waals surface area contributed by atoms with Gasteiger partial charge in [-0.05, 0) is 79.3 Å². The normalized spacial score (nSPS) is 16.3. The van der Waals surface area contributed by atoms with Gasteiger partial charge in [0.15, 0.2) is 6.29 Å².